The molecule has 2 amide bonds. The molecule has 0 aromatic rings. The molecule has 5 unspecified atom stereocenters. The molecular weight excluding hydrogens is 320 g/mol. The highest BCUT2D eigenvalue weighted by Crippen LogP contribution is 2.45. The number of carbonyl (C=O) groups is 1. The monoisotopic (exact) mass is 352 g/mol. The highest BCUT2D eigenvalue weighted by Gasteiger charge is 2.44. The van der Waals surface area contributed by atoms with E-state index in [2.05, 4.69) is 23.0 Å². The lowest BCUT2D eigenvalue weighted by Crippen LogP contribution is -2.48. The van der Waals surface area contributed by atoms with Gasteiger partial charge in [-0.3, -0.25) is 10.2 Å². The van der Waals surface area contributed by atoms with Crippen LogP contribution in [0.5, 0.6) is 0 Å². The minimum Gasteiger partial charge on any atom is -0.391 e. The maximum atomic E-state index is 12.4. The van der Waals surface area contributed by atoms with E-state index in [4.69, 9.17) is 4.84 Å². The van der Waals surface area contributed by atoms with Crippen LogP contribution >= 0.6 is 0 Å². The number of hydroxylamine groups is 1. The van der Waals surface area contributed by atoms with Crippen molar-refractivity contribution in [3.8, 4) is 0 Å². The van der Waals surface area contributed by atoms with Gasteiger partial charge in [0.15, 0.2) is 0 Å². The van der Waals surface area contributed by atoms with Crippen molar-refractivity contribution in [1.82, 2.24) is 21.0 Å². The summed E-state index contributed by atoms with van der Waals surface area (Å²) in [7, 11) is 0. The number of likely N-dealkylation sites (tertiary alicyclic amines) is 1. The molecule has 2 heterocycles. The number of aliphatic hydroxyl groups excluding tert-OH is 1. The van der Waals surface area contributed by atoms with Crippen molar-refractivity contribution in [2.45, 2.75) is 76.4 Å². The minimum absolute atomic E-state index is 0.0163. The summed E-state index contributed by atoms with van der Waals surface area (Å²) < 4.78 is 0. The van der Waals surface area contributed by atoms with E-state index in [1.807, 2.05) is 0 Å². The first-order chi connectivity index (χ1) is 12.1. The number of carbonyl (C=O) groups excluding carboxylic acids is 1. The highest BCUT2D eigenvalue weighted by atomic mass is 16.7. The maximum Gasteiger partial charge on any atom is 0.317 e. The Kier molecular flexibility index (Phi) is 5.18. The van der Waals surface area contributed by atoms with E-state index in [0.717, 1.165) is 12.8 Å². The van der Waals surface area contributed by atoms with Crippen LogP contribution in [0.2, 0.25) is 0 Å². The smallest absolute Gasteiger partial charge is 0.317 e. The molecule has 0 spiro atoms. The zero-order valence-electron chi connectivity index (χ0n) is 15.1. The molecule has 4 N–H and O–H groups in total. The largest absolute Gasteiger partial charge is 0.391 e. The number of urea groups is 1. The van der Waals surface area contributed by atoms with Gasteiger partial charge in [0.2, 0.25) is 0 Å². The standard InChI is InChI=1S/C18H32N4O3/c1-2-16-20-17(21-25-16)12-3-5-14-11(9-12)4-6-15(14)19-18(24)22-8-7-13(23)10-22/h11-17,20-21,23H,2-10H2,1H3,(H,19,24)/t11?,12?,13-,14?,15+,16?,17?/m0/s1. The third-order valence-corrected chi connectivity index (χ3v) is 6.75. The fourth-order valence-corrected chi connectivity index (χ4v) is 5.31. The Hall–Kier alpha value is -0.890. The van der Waals surface area contributed by atoms with Crippen LogP contribution in [0, 0.1) is 17.8 Å². The molecule has 0 bridgehead atoms. The Labute approximate surface area is 149 Å². The van der Waals surface area contributed by atoms with Crippen LogP contribution in [-0.4, -0.2) is 53.7 Å². The average molecular weight is 352 g/mol. The second kappa shape index (κ2) is 7.39. The lowest BCUT2D eigenvalue weighted by molar-refractivity contribution is 0.0125. The van der Waals surface area contributed by atoms with Crippen LogP contribution in [-0.2, 0) is 4.84 Å². The third kappa shape index (κ3) is 3.65. The molecule has 7 atom stereocenters. The number of nitrogens with one attached hydrogen (secondary N) is 3. The zero-order chi connectivity index (χ0) is 17.4. The van der Waals surface area contributed by atoms with Crippen LogP contribution < -0.4 is 16.1 Å². The fraction of sp³-hybridized carbons (Fsp3) is 0.944. The van der Waals surface area contributed by atoms with Gasteiger partial charge in [0.05, 0.1) is 12.3 Å². The SMILES string of the molecule is CCC1NC(C2CCC3C(CC[C@H]3NC(=O)N3CC[C@H](O)C3)C2)NO1. The number of fused-ring (bicyclic) bond motifs is 1. The van der Waals surface area contributed by atoms with Crippen molar-refractivity contribution in [3.05, 3.63) is 0 Å². The summed E-state index contributed by atoms with van der Waals surface area (Å²) in [6.45, 7) is 3.28. The molecule has 2 aliphatic carbocycles. The van der Waals surface area contributed by atoms with Crippen LogP contribution in [0.15, 0.2) is 0 Å². The Bertz CT molecular complexity index is 491. The molecule has 0 aromatic heterocycles. The second-order valence-corrected chi connectivity index (χ2v) is 8.30. The molecule has 2 saturated carbocycles. The first kappa shape index (κ1) is 17.5. The van der Waals surface area contributed by atoms with Crippen molar-refractivity contribution in [2.24, 2.45) is 17.8 Å². The molecule has 4 fully saturated rings. The molecule has 25 heavy (non-hydrogen) atoms. The Morgan fingerprint density at radius 3 is 2.80 bits per heavy atom. The van der Waals surface area contributed by atoms with E-state index in [9.17, 15) is 9.90 Å². The highest BCUT2D eigenvalue weighted by molar-refractivity contribution is 5.75. The molecule has 0 radical (unpaired) electrons. The van der Waals surface area contributed by atoms with Crippen LogP contribution in [0.4, 0.5) is 4.79 Å². The van der Waals surface area contributed by atoms with Gasteiger partial charge in [-0.05, 0) is 62.7 Å². The summed E-state index contributed by atoms with van der Waals surface area (Å²) in [5, 5.41) is 16.4. The van der Waals surface area contributed by atoms with Crippen molar-refractivity contribution >= 4 is 6.03 Å². The van der Waals surface area contributed by atoms with Gasteiger partial charge in [-0.2, -0.15) is 5.48 Å². The number of amides is 2. The van der Waals surface area contributed by atoms with E-state index in [0.29, 0.717) is 43.3 Å². The van der Waals surface area contributed by atoms with Crippen molar-refractivity contribution in [2.75, 3.05) is 13.1 Å². The van der Waals surface area contributed by atoms with E-state index >= 15 is 0 Å². The Morgan fingerprint density at radius 1 is 1.24 bits per heavy atom. The van der Waals surface area contributed by atoms with Gasteiger partial charge in [-0.15, -0.1) is 0 Å². The fourth-order valence-electron chi connectivity index (χ4n) is 5.31. The number of aliphatic hydroxyl groups is 1. The van der Waals surface area contributed by atoms with E-state index in [-0.39, 0.29) is 24.5 Å². The summed E-state index contributed by atoms with van der Waals surface area (Å²) in [6, 6.07) is 0.322. The number of nitrogens with zero attached hydrogens (tertiary/aromatic N) is 1. The first-order valence-electron chi connectivity index (χ1n) is 10.0. The summed E-state index contributed by atoms with van der Waals surface area (Å²) in [5.41, 5.74) is 3.18. The van der Waals surface area contributed by atoms with Crippen molar-refractivity contribution in [3.63, 3.8) is 0 Å². The van der Waals surface area contributed by atoms with Gasteiger partial charge in [-0.1, -0.05) is 6.92 Å². The summed E-state index contributed by atoms with van der Waals surface area (Å²) in [5.74, 6) is 1.93. The van der Waals surface area contributed by atoms with Crippen molar-refractivity contribution in [1.29, 1.82) is 0 Å². The average Bonchev–Trinajstić information content (AvgIpc) is 3.34. The quantitative estimate of drug-likeness (QED) is 0.612. The van der Waals surface area contributed by atoms with Gasteiger partial charge >= 0.3 is 6.03 Å². The zero-order valence-corrected chi connectivity index (χ0v) is 15.1. The second-order valence-electron chi connectivity index (χ2n) is 8.30. The molecule has 4 aliphatic rings. The number of rotatable bonds is 3. The van der Waals surface area contributed by atoms with Crippen LogP contribution in [0.1, 0.15) is 51.9 Å². The van der Waals surface area contributed by atoms with Crippen molar-refractivity contribution < 1.29 is 14.7 Å². The lowest BCUT2D eigenvalue weighted by atomic mass is 9.74. The van der Waals surface area contributed by atoms with Crippen LogP contribution in [0.3, 0.4) is 0 Å². The molecular formula is C18H32N4O3. The predicted octanol–water partition coefficient (Wildman–Crippen LogP) is 1.14. The first-order valence-corrected chi connectivity index (χ1v) is 10.0. The molecule has 2 saturated heterocycles. The minimum atomic E-state index is -0.349. The topological polar surface area (TPSA) is 85.9 Å². The normalized spacial score (nSPS) is 44.1. The van der Waals surface area contributed by atoms with Gasteiger partial charge in [-0.25, -0.2) is 4.79 Å². The van der Waals surface area contributed by atoms with E-state index < -0.39 is 0 Å². The van der Waals surface area contributed by atoms with E-state index in [1.54, 1.807) is 4.90 Å². The molecule has 7 nitrogen and oxygen atoms in total. The summed E-state index contributed by atoms with van der Waals surface area (Å²) in [6.07, 6.45) is 7.60. The van der Waals surface area contributed by atoms with Gasteiger partial charge < -0.3 is 15.3 Å². The van der Waals surface area contributed by atoms with E-state index in [1.165, 1.54) is 25.7 Å². The van der Waals surface area contributed by atoms with Gasteiger partial charge in [0, 0.05) is 19.1 Å². The lowest BCUT2D eigenvalue weighted by Gasteiger charge is -2.37. The summed E-state index contributed by atoms with van der Waals surface area (Å²) in [4.78, 5) is 19.8. The van der Waals surface area contributed by atoms with Crippen LogP contribution in [0.25, 0.3) is 0 Å². The maximum absolute atomic E-state index is 12.4. The number of hydrogen-bond acceptors (Lipinski definition) is 5. The Balaban J connectivity index is 1.28. The predicted molar refractivity (Wildman–Crippen MR) is 93.3 cm³/mol. The van der Waals surface area contributed by atoms with Gasteiger partial charge in [0.25, 0.3) is 0 Å². The molecule has 142 valence electrons. The summed E-state index contributed by atoms with van der Waals surface area (Å²) >= 11 is 0. The molecule has 4 rings (SSSR count). The molecule has 2 aliphatic heterocycles. The number of hydrogen-bond donors (Lipinski definition) is 4. The third-order valence-electron chi connectivity index (χ3n) is 6.75. The molecule has 0 aromatic carbocycles. The van der Waals surface area contributed by atoms with Gasteiger partial charge in [0.1, 0.15) is 6.23 Å². The molecule has 7 heteroatoms. The number of β-amino-alcohol motifs (C(OH)–C–C–N with tert-alkyl or cyclic N) is 1. The Morgan fingerprint density at radius 2 is 2.08 bits per heavy atom.